The normalized spacial score (nSPS) is 27.5. The number of hydrogen-bond acceptors (Lipinski definition) is 16. The van der Waals surface area contributed by atoms with E-state index in [1.807, 2.05) is 11.8 Å². The van der Waals surface area contributed by atoms with Crippen LogP contribution in [0.4, 0.5) is 10.1 Å². The zero-order chi connectivity index (χ0) is 44.4. The SMILES string of the molecule is COc1cccc2c1C(=O)c1c(O)c3c(c(O)c1C2=O)C[C@@](O)(/C(CO)=N/NC(=O)c1cc(N2C(=O)C=CC2=O)ccc1F)C[C@@H]3O[C@H]1CC(N2CCO[C@@H](C)C2)[C@H](O)[C@H](C)O1. The molecule has 19 heteroatoms. The summed E-state index contributed by atoms with van der Waals surface area (Å²) >= 11 is 0. The third kappa shape index (κ3) is 7.24. The van der Waals surface area contributed by atoms with Crippen LogP contribution in [0, 0.1) is 5.82 Å². The number of nitrogens with one attached hydrogen (secondary N) is 1. The number of carbonyl (C=O) groups excluding carboxylic acids is 5. The van der Waals surface area contributed by atoms with Crippen molar-refractivity contribution in [1.29, 1.82) is 0 Å². The van der Waals surface area contributed by atoms with Crippen molar-refractivity contribution in [2.24, 2.45) is 5.10 Å². The molecule has 7 atom stereocenters. The molecule has 18 nitrogen and oxygen atoms in total. The molecule has 3 amide bonds. The number of fused-ring (bicyclic) bond motifs is 3. The summed E-state index contributed by atoms with van der Waals surface area (Å²) < 4.78 is 38.7. The summed E-state index contributed by atoms with van der Waals surface area (Å²) in [6, 6.07) is 6.73. The molecule has 3 aliphatic heterocycles. The molecule has 3 aromatic carbocycles. The average Bonchev–Trinajstić information content (AvgIpc) is 3.58. The molecule has 0 saturated carbocycles. The molecule has 6 N–H and O–H groups in total. The summed E-state index contributed by atoms with van der Waals surface area (Å²) in [4.78, 5) is 68.9. The lowest BCUT2D eigenvalue weighted by Crippen LogP contribution is -2.59. The minimum Gasteiger partial charge on any atom is -0.507 e. The lowest BCUT2D eigenvalue weighted by Gasteiger charge is -2.47. The molecule has 3 heterocycles. The fraction of sp³-hybridized carbons (Fsp3) is 0.395. The molecule has 0 bridgehead atoms. The standard InChI is InChI=1S/C43H43FN4O14/c1-19-17-47(11-12-60-19)26-14-32(61-20(2)37(26)52)62-28-16-43(58,29(18-49)45-46-42(57)23-13-21(7-8-25(23)44)48-30(50)9-10-31(48)51)15-24-34(28)41(56)36-35(39(24)54)38(53)22-5-4-6-27(59-3)33(22)40(36)55/h4-10,13,19-20,26,28,32,37,49,52,54,56,58H,11-12,14-18H2,1-3H3,(H,46,57)/b45-29+/t19-,20-,26?,28-,32-,37+,43-/m0/s1. The highest BCUT2D eigenvalue weighted by molar-refractivity contribution is 6.31. The number of phenols is 2. The van der Waals surface area contributed by atoms with Gasteiger partial charge in [0.1, 0.15) is 28.7 Å². The number of benzene rings is 3. The van der Waals surface area contributed by atoms with Crippen molar-refractivity contribution in [2.45, 2.75) is 75.5 Å². The molecule has 326 valence electrons. The van der Waals surface area contributed by atoms with E-state index < -0.39 is 125 Å². The van der Waals surface area contributed by atoms with E-state index in [1.165, 1.54) is 25.3 Å². The summed E-state index contributed by atoms with van der Waals surface area (Å²) in [5.41, 5.74) is -3.33. The van der Waals surface area contributed by atoms with Gasteiger partial charge in [0, 0.05) is 67.2 Å². The summed E-state index contributed by atoms with van der Waals surface area (Å²) in [6.07, 6.45) is -3.61. The Kier molecular flexibility index (Phi) is 11.3. The van der Waals surface area contributed by atoms with E-state index in [1.54, 1.807) is 6.92 Å². The van der Waals surface area contributed by atoms with Gasteiger partial charge >= 0.3 is 0 Å². The number of anilines is 1. The topological polar surface area (TPSA) is 254 Å². The van der Waals surface area contributed by atoms with Crippen LogP contribution in [0.25, 0.3) is 0 Å². The van der Waals surface area contributed by atoms with E-state index in [2.05, 4.69) is 10.5 Å². The fourth-order valence-corrected chi connectivity index (χ4v) is 9.01. The molecule has 1 unspecified atom stereocenters. The number of nitrogens with zero attached hydrogens (tertiary/aromatic N) is 3. The third-order valence-corrected chi connectivity index (χ3v) is 12.1. The first kappa shape index (κ1) is 42.7. The van der Waals surface area contributed by atoms with Crippen LogP contribution in [0.5, 0.6) is 17.2 Å². The minimum absolute atomic E-state index is 0.0457. The van der Waals surface area contributed by atoms with Crippen LogP contribution in [-0.4, -0.2) is 135 Å². The van der Waals surface area contributed by atoms with Crippen LogP contribution in [-0.2, 0) is 30.2 Å². The maximum Gasteiger partial charge on any atom is 0.274 e. The molecule has 62 heavy (non-hydrogen) atoms. The predicted octanol–water partition coefficient (Wildman–Crippen LogP) is 1.55. The summed E-state index contributed by atoms with van der Waals surface area (Å²) in [6.45, 7) is 3.93. The van der Waals surface area contributed by atoms with Gasteiger partial charge in [0.05, 0.1) is 78.4 Å². The van der Waals surface area contributed by atoms with Crippen molar-refractivity contribution in [3.8, 4) is 17.2 Å². The maximum absolute atomic E-state index is 15.0. The molecule has 2 saturated heterocycles. The molecule has 2 fully saturated rings. The number of carbonyl (C=O) groups is 5. The van der Waals surface area contributed by atoms with Crippen LogP contribution in [0.2, 0.25) is 0 Å². The predicted molar refractivity (Wildman–Crippen MR) is 212 cm³/mol. The zero-order valence-corrected chi connectivity index (χ0v) is 33.7. The van der Waals surface area contributed by atoms with Crippen LogP contribution in [0.3, 0.4) is 0 Å². The summed E-state index contributed by atoms with van der Waals surface area (Å²) in [5.74, 6) is -6.82. The number of halogens is 1. The summed E-state index contributed by atoms with van der Waals surface area (Å²) in [5, 5.41) is 62.4. The lowest BCUT2D eigenvalue weighted by molar-refractivity contribution is -0.260. The molecule has 0 aromatic heterocycles. The van der Waals surface area contributed by atoms with E-state index in [0.717, 1.165) is 35.3 Å². The Bertz CT molecular complexity index is 2460. The van der Waals surface area contributed by atoms with Gasteiger partial charge < -0.3 is 44.5 Å². The van der Waals surface area contributed by atoms with Crippen molar-refractivity contribution in [2.75, 3.05) is 38.3 Å². The van der Waals surface area contributed by atoms with Crippen LogP contribution in [0.15, 0.2) is 53.7 Å². The molecular formula is C43H43FN4O14. The molecule has 2 aliphatic carbocycles. The van der Waals surface area contributed by atoms with Crippen LogP contribution < -0.4 is 15.1 Å². The Balaban J connectivity index is 1.18. The smallest absolute Gasteiger partial charge is 0.274 e. The third-order valence-electron chi connectivity index (χ3n) is 12.1. The van der Waals surface area contributed by atoms with Gasteiger partial charge in [-0.05, 0) is 38.1 Å². The average molecular weight is 859 g/mol. The largest absolute Gasteiger partial charge is 0.507 e. The quantitative estimate of drug-likeness (QED) is 0.0605. The van der Waals surface area contributed by atoms with E-state index >= 15 is 4.39 Å². The first-order valence-corrected chi connectivity index (χ1v) is 19.8. The minimum atomic E-state index is -2.35. The van der Waals surface area contributed by atoms with Crippen molar-refractivity contribution >= 4 is 40.7 Å². The fourth-order valence-electron chi connectivity index (χ4n) is 9.01. The van der Waals surface area contributed by atoms with E-state index in [0.29, 0.717) is 19.7 Å². The van der Waals surface area contributed by atoms with Gasteiger partial charge in [-0.15, -0.1) is 0 Å². The number of methoxy groups -OCH3 is 1. The molecule has 5 aliphatic rings. The van der Waals surface area contributed by atoms with Crippen molar-refractivity contribution < 1.29 is 72.8 Å². The van der Waals surface area contributed by atoms with Gasteiger partial charge in [-0.2, -0.15) is 5.10 Å². The first-order chi connectivity index (χ1) is 29.6. The van der Waals surface area contributed by atoms with E-state index in [4.69, 9.17) is 18.9 Å². The van der Waals surface area contributed by atoms with Gasteiger partial charge in [-0.3, -0.25) is 28.9 Å². The molecule has 0 radical (unpaired) electrons. The maximum atomic E-state index is 15.0. The molecule has 8 rings (SSSR count). The van der Waals surface area contributed by atoms with Gasteiger partial charge in [-0.25, -0.2) is 14.7 Å². The number of phenolic OH excluding ortho intramolecular Hbond substituents is 2. The second-order valence-corrected chi connectivity index (χ2v) is 15.8. The Morgan fingerprint density at radius 2 is 1.76 bits per heavy atom. The Morgan fingerprint density at radius 3 is 2.45 bits per heavy atom. The number of aromatic hydroxyl groups is 2. The Hall–Kier alpha value is -5.93. The Morgan fingerprint density at radius 1 is 1.03 bits per heavy atom. The number of amides is 3. The second kappa shape index (κ2) is 16.4. The van der Waals surface area contributed by atoms with Crippen molar-refractivity contribution in [3.05, 3.63) is 93.3 Å². The number of aliphatic hydroxyl groups excluding tert-OH is 2. The number of rotatable bonds is 9. The summed E-state index contributed by atoms with van der Waals surface area (Å²) in [7, 11) is 1.30. The number of aliphatic hydroxyl groups is 3. The number of hydrazone groups is 1. The highest BCUT2D eigenvalue weighted by Gasteiger charge is 2.50. The zero-order valence-electron chi connectivity index (χ0n) is 33.7. The van der Waals surface area contributed by atoms with E-state index in [-0.39, 0.29) is 46.2 Å². The van der Waals surface area contributed by atoms with Gasteiger partial charge in [0.15, 0.2) is 12.1 Å². The number of hydrogen-bond donors (Lipinski definition) is 6. The van der Waals surface area contributed by atoms with E-state index in [9.17, 15) is 49.5 Å². The molecule has 3 aromatic rings. The number of imide groups is 1. The van der Waals surface area contributed by atoms with Crippen molar-refractivity contribution in [3.63, 3.8) is 0 Å². The lowest BCUT2D eigenvalue weighted by atomic mass is 9.71. The first-order valence-electron chi connectivity index (χ1n) is 19.8. The van der Waals surface area contributed by atoms with Crippen molar-refractivity contribution in [1.82, 2.24) is 10.3 Å². The van der Waals surface area contributed by atoms with Crippen LogP contribution >= 0.6 is 0 Å². The highest BCUT2D eigenvalue weighted by atomic mass is 19.1. The monoisotopic (exact) mass is 858 g/mol. The Labute approximate surface area is 352 Å². The molecule has 0 spiro atoms. The van der Waals surface area contributed by atoms with Gasteiger partial charge in [0.25, 0.3) is 17.7 Å². The number of ketones is 2. The highest BCUT2D eigenvalue weighted by Crippen LogP contribution is 2.53. The second-order valence-electron chi connectivity index (χ2n) is 15.8. The number of morpholine rings is 1. The molecular weight excluding hydrogens is 815 g/mol. The van der Waals surface area contributed by atoms with Gasteiger partial charge in [-0.1, -0.05) is 12.1 Å². The van der Waals surface area contributed by atoms with Gasteiger partial charge in [0.2, 0.25) is 5.78 Å². The number of ether oxygens (including phenoxy) is 4. The van der Waals surface area contributed by atoms with Crippen LogP contribution in [0.1, 0.15) is 86.1 Å².